The Hall–Kier alpha value is -2.38. The molecule has 150 valence electrons. The van der Waals surface area contributed by atoms with Gasteiger partial charge in [0.1, 0.15) is 11.2 Å². The van der Waals surface area contributed by atoms with Gasteiger partial charge >= 0.3 is 5.97 Å². The Balaban J connectivity index is 2.58. The van der Waals surface area contributed by atoms with Crippen LogP contribution < -0.4 is 14.8 Å². The number of nitrogens with zero attached hydrogens (tertiary/aromatic N) is 2. The molecule has 0 aliphatic heterocycles. The van der Waals surface area contributed by atoms with Gasteiger partial charge in [-0.15, -0.1) is 11.3 Å². The number of hydrogen-bond acceptors (Lipinski definition) is 5. The molecule has 8 heteroatoms. The van der Waals surface area contributed by atoms with Gasteiger partial charge in [0.05, 0.1) is 17.2 Å². The number of halogens is 1. The number of benzene rings is 1. The van der Waals surface area contributed by atoms with Crippen molar-refractivity contribution < 1.29 is 14.3 Å². The van der Waals surface area contributed by atoms with Gasteiger partial charge in [-0.3, -0.25) is 14.2 Å². The minimum absolute atomic E-state index is 0.133. The van der Waals surface area contributed by atoms with Crippen LogP contribution in [-0.4, -0.2) is 41.0 Å². The molecule has 1 aromatic carbocycles. The van der Waals surface area contributed by atoms with Crippen molar-refractivity contribution in [3.8, 4) is 0 Å². The Morgan fingerprint density at radius 3 is 2.57 bits per heavy atom. The molecule has 0 bridgehead atoms. The summed E-state index contributed by atoms with van der Waals surface area (Å²) >= 11 is 7.14. The minimum Gasteiger partial charge on any atom is -0.463 e. The largest absolute Gasteiger partial charge is 0.463 e. The van der Waals surface area contributed by atoms with Gasteiger partial charge in [0, 0.05) is 18.1 Å². The van der Waals surface area contributed by atoms with Gasteiger partial charge in [-0.25, -0.2) is 4.79 Å². The number of esters is 1. The van der Waals surface area contributed by atoms with Crippen LogP contribution in [0.2, 0.25) is 5.02 Å². The summed E-state index contributed by atoms with van der Waals surface area (Å²) in [5.41, 5.74) is 0.428. The van der Waals surface area contributed by atoms with Crippen LogP contribution in [0.1, 0.15) is 26.3 Å². The molecule has 0 aliphatic carbocycles. The molecule has 6 nitrogen and oxygen atoms in total. The molecule has 0 radical (unpaired) electrons. The molecule has 0 saturated heterocycles. The molecule has 1 heterocycles. The molecule has 2 aromatic rings. The van der Waals surface area contributed by atoms with Crippen LogP contribution in [0.5, 0.6) is 0 Å². The van der Waals surface area contributed by atoms with Gasteiger partial charge in [-0.2, -0.15) is 0 Å². The van der Waals surface area contributed by atoms with Crippen molar-refractivity contribution >= 4 is 47.0 Å². The van der Waals surface area contributed by atoms with Gasteiger partial charge in [-0.05, 0) is 44.5 Å². The highest BCUT2D eigenvalue weighted by Gasteiger charge is 2.14. The Labute approximate surface area is 172 Å². The molecule has 1 amide bonds. The standard InChI is InChI=1S/C20H23ClN2O4S/c1-4-22(5-2)17(24)13-23-18(12-19(25)27-6-3)28-16(20(23)26)11-14-8-7-9-15(21)10-14/h7-12H,4-6,13H2,1-3H3. The van der Waals surface area contributed by atoms with Crippen molar-refractivity contribution in [3.05, 3.63) is 54.4 Å². The molecule has 0 fully saturated rings. The summed E-state index contributed by atoms with van der Waals surface area (Å²) in [4.78, 5) is 39.0. The van der Waals surface area contributed by atoms with Gasteiger partial charge in [-0.1, -0.05) is 23.7 Å². The van der Waals surface area contributed by atoms with E-state index in [0.29, 0.717) is 27.3 Å². The zero-order valence-electron chi connectivity index (χ0n) is 16.1. The summed E-state index contributed by atoms with van der Waals surface area (Å²) in [6.45, 7) is 6.65. The van der Waals surface area contributed by atoms with E-state index in [2.05, 4.69) is 0 Å². The van der Waals surface area contributed by atoms with E-state index in [9.17, 15) is 14.4 Å². The number of carbonyl (C=O) groups is 2. The molecule has 1 aromatic heterocycles. The lowest BCUT2D eigenvalue weighted by Gasteiger charge is -2.18. The van der Waals surface area contributed by atoms with E-state index in [-0.39, 0.29) is 24.6 Å². The quantitative estimate of drug-likeness (QED) is 0.635. The van der Waals surface area contributed by atoms with Crippen LogP contribution in [0, 0.1) is 0 Å². The first-order valence-corrected chi connectivity index (χ1v) is 10.2. The normalized spacial score (nSPS) is 12.3. The number of rotatable bonds is 7. The minimum atomic E-state index is -0.554. The van der Waals surface area contributed by atoms with E-state index in [1.807, 2.05) is 19.9 Å². The van der Waals surface area contributed by atoms with Gasteiger partial charge in [0.15, 0.2) is 0 Å². The average molecular weight is 423 g/mol. The summed E-state index contributed by atoms with van der Waals surface area (Å²) in [5.74, 6) is -0.736. The zero-order chi connectivity index (χ0) is 20.7. The fraction of sp³-hybridized carbons (Fsp3) is 0.350. The maximum absolute atomic E-state index is 12.9. The molecule has 0 unspecified atom stereocenters. The average Bonchev–Trinajstić information content (AvgIpc) is 2.91. The van der Waals surface area contributed by atoms with E-state index in [0.717, 1.165) is 16.9 Å². The first kappa shape index (κ1) is 21.9. The lowest BCUT2D eigenvalue weighted by molar-refractivity contribution is -0.135. The molecule has 0 spiro atoms. The van der Waals surface area contributed by atoms with Crippen molar-refractivity contribution in [1.29, 1.82) is 0 Å². The third kappa shape index (κ3) is 5.56. The van der Waals surface area contributed by atoms with Crippen LogP contribution in [0.3, 0.4) is 0 Å². The molecular weight excluding hydrogens is 400 g/mol. The van der Waals surface area contributed by atoms with Gasteiger partial charge in [0.2, 0.25) is 5.91 Å². The predicted octanol–water partition coefficient (Wildman–Crippen LogP) is 1.60. The van der Waals surface area contributed by atoms with E-state index < -0.39 is 5.97 Å². The Kier molecular flexibility index (Phi) is 8.02. The van der Waals surface area contributed by atoms with Crippen LogP contribution in [-0.2, 0) is 20.9 Å². The monoisotopic (exact) mass is 422 g/mol. The van der Waals surface area contributed by atoms with E-state index in [1.54, 1.807) is 36.1 Å². The fourth-order valence-corrected chi connectivity index (χ4v) is 3.87. The number of amides is 1. The number of carbonyl (C=O) groups excluding carboxylic acids is 2. The van der Waals surface area contributed by atoms with Crippen molar-refractivity contribution in [3.63, 3.8) is 0 Å². The third-order valence-electron chi connectivity index (χ3n) is 4.02. The maximum atomic E-state index is 12.9. The molecule has 0 aliphatic rings. The lowest BCUT2D eigenvalue weighted by atomic mass is 10.2. The summed E-state index contributed by atoms with van der Waals surface area (Å²) in [5, 5.41) is 0.556. The zero-order valence-corrected chi connectivity index (χ0v) is 17.7. The summed E-state index contributed by atoms with van der Waals surface area (Å²) in [6, 6.07) is 7.09. The SMILES string of the molecule is CCOC(=O)C=c1sc(=Cc2cccc(Cl)c2)c(=O)n1CC(=O)N(CC)CC. The lowest BCUT2D eigenvalue weighted by Crippen LogP contribution is -2.40. The smallest absolute Gasteiger partial charge is 0.333 e. The van der Waals surface area contributed by atoms with Crippen LogP contribution in [0.25, 0.3) is 12.2 Å². The van der Waals surface area contributed by atoms with Crippen LogP contribution in [0.4, 0.5) is 0 Å². The van der Waals surface area contributed by atoms with E-state index in [4.69, 9.17) is 16.3 Å². The Morgan fingerprint density at radius 1 is 1.25 bits per heavy atom. The van der Waals surface area contributed by atoms with Gasteiger partial charge in [0.25, 0.3) is 5.56 Å². The highest BCUT2D eigenvalue weighted by atomic mass is 35.5. The molecule has 2 rings (SSSR count). The van der Waals surface area contributed by atoms with Gasteiger partial charge < -0.3 is 9.64 Å². The Morgan fingerprint density at radius 2 is 1.96 bits per heavy atom. The molecular formula is C20H23ClN2O4S. The number of ether oxygens (including phenoxy) is 1. The first-order valence-electron chi connectivity index (χ1n) is 9.02. The number of hydrogen-bond donors (Lipinski definition) is 0. The topological polar surface area (TPSA) is 68.6 Å². The number of thiazole rings is 1. The molecule has 0 saturated carbocycles. The molecule has 0 N–H and O–H groups in total. The molecule has 28 heavy (non-hydrogen) atoms. The number of aromatic nitrogens is 1. The van der Waals surface area contributed by atoms with Crippen LogP contribution >= 0.6 is 22.9 Å². The van der Waals surface area contributed by atoms with Crippen molar-refractivity contribution in [1.82, 2.24) is 9.47 Å². The first-order chi connectivity index (χ1) is 13.4. The molecule has 0 atom stereocenters. The van der Waals surface area contributed by atoms with Crippen molar-refractivity contribution in [2.75, 3.05) is 19.7 Å². The predicted molar refractivity (Wildman–Crippen MR) is 112 cm³/mol. The summed E-state index contributed by atoms with van der Waals surface area (Å²) < 4.78 is 7.05. The maximum Gasteiger partial charge on any atom is 0.333 e. The third-order valence-corrected chi connectivity index (χ3v) is 5.32. The summed E-state index contributed by atoms with van der Waals surface area (Å²) in [7, 11) is 0. The second-order valence-corrected chi connectivity index (χ2v) is 7.36. The highest BCUT2D eigenvalue weighted by Crippen LogP contribution is 2.10. The second kappa shape index (κ2) is 10.2. The Bertz CT molecular complexity index is 1020. The number of likely N-dealkylation sites (N-methyl/N-ethyl adjacent to an activating group) is 1. The highest BCUT2D eigenvalue weighted by molar-refractivity contribution is 7.07. The summed E-state index contributed by atoms with van der Waals surface area (Å²) in [6.07, 6.45) is 2.94. The van der Waals surface area contributed by atoms with E-state index in [1.165, 1.54) is 10.6 Å². The van der Waals surface area contributed by atoms with Crippen LogP contribution in [0.15, 0.2) is 29.1 Å². The fourth-order valence-electron chi connectivity index (χ4n) is 2.64. The van der Waals surface area contributed by atoms with Crippen molar-refractivity contribution in [2.45, 2.75) is 27.3 Å². The van der Waals surface area contributed by atoms with E-state index >= 15 is 0 Å². The second-order valence-electron chi connectivity index (χ2n) is 5.86. The van der Waals surface area contributed by atoms with Crippen molar-refractivity contribution in [2.24, 2.45) is 0 Å².